The SMILES string of the molecule is O=C(O)c1ccc2c(c1)C(CO)c1cc(F)ccc1-2. The van der Waals surface area contributed by atoms with Gasteiger partial charge in [0.05, 0.1) is 12.2 Å². The van der Waals surface area contributed by atoms with E-state index in [0.717, 1.165) is 16.7 Å². The number of aliphatic hydroxyl groups excluding tert-OH is 1. The fraction of sp³-hybridized carbons (Fsp3) is 0.133. The average molecular weight is 258 g/mol. The number of hydrogen-bond donors (Lipinski definition) is 2. The van der Waals surface area contributed by atoms with Crippen molar-refractivity contribution >= 4 is 5.97 Å². The molecule has 0 amide bonds. The minimum Gasteiger partial charge on any atom is -0.478 e. The van der Waals surface area contributed by atoms with Crippen molar-refractivity contribution in [3.8, 4) is 11.1 Å². The quantitative estimate of drug-likeness (QED) is 0.870. The van der Waals surface area contributed by atoms with Crippen LogP contribution in [0.3, 0.4) is 0 Å². The largest absolute Gasteiger partial charge is 0.478 e. The lowest BCUT2D eigenvalue weighted by molar-refractivity contribution is 0.0696. The van der Waals surface area contributed by atoms with Gasteiger partial charge in [-0.1, -0.05) is 12.1 Å². The van der Waals surface area contributed by atoms with Gasteiger partial charge in [-0.2, -0.15) is 0 Å². The lowest BCUT2D eigenvalue weighted by Gasteiger charge is -2.10. The zero-order chi connectivity index (χ0) is 13.6. The molecule has 1 aliphatic carbocycles. The molecule has 0 saturated carbocycles. The third kappa shape index (κ3) is 1.72. The molecule has 0 aliphatic heterocycles. The molecule has 1 unspecified atom stereocenters. The van der Waals surface area contributed by atoms with Crippen molar-refractivity contribution < 1.29 is 19.4 Å². The molecule has 0 fully saturated rings. The second-order valence-corrected chi connectivity index (χ2v) is 4.57. The Kier molecular flexibility index (Phi) is 2.61. The number of fused-ring (bicyclic) bond motifs is 3. The van der Waals surface area contributed by atoms with Crippen LogP contribution in [0.15, 0.2) is 36.4 Å². The van der Waals surface area contributed by atoms with Gasteiger partial charge in [-0.05, 0) is 46.5 Å². The summed E-state index contributed by atoms with van der Waals surface area (Å²) < 4.78 is 13.3. The van der Waals surface area contributed by atoms with E-state index < -0.39 is 5.97 Å². The number of rotatable bonds is 2. The first kappa shape index (κ1) is 11.9. The van der Waals surface area contributed by atoms with Crippen LogP contribution < -0.4 is 0 Å². The molecule has 3 nitrogen and oxygen atoms in total. The Bertz CT molecular complexity index is 679. The van der Waals surface area contributed by atoms with Crippen LogP contribution in [0.1, 0.15) is 27.4 Å². The highest BCUT2D eigenvalue weighted by molar-refractivity contribution is 5.90. The predicted molar refractivity (Wildman–Crippen MR) is 67.7 cm³/mol. The summed E-state index contributed by atoms with van der Waals surface area (Å²) in [7, 11) is 0. The highest BCUT2D eigenvalue weighted by Crippen LogP contribution is 2.45. The summed E-state index contributed by atoms with van der Waals surface area (Å²) in [5.74, 6) is -1.73. The van der Waals surface area contributed by atoms with E-state index in [1.807, 2.05) is 0 Å². The molecule has 2 N–H and O–H groups in total. The monoisotopic (exact) mass is 258 g/mol. The van der Waals surface area contributed by atoms with Crippen LogP contribution in [-0.4, -0.2) is 22.8 Å². The molecule has 96 valence electrons. The molecule has 0 saturated heterocycles. The first-order valence-electron chi connectivity index (χ1n) is 5.89. The maximum atomic E-state index is 13.3. The second-order valence-electron chi connectivity index (χ2n) is 4.57. The topological polar surface area (TPSA) is 57.5 Å². The zero-order valence-electron chi connectivity index (χ0n) is 9.93. The van der Waals surface area contributed by atoms with Crippen LogP contribution in [-0.2, 0) is 0 Å². The maximum Gasteiger partial charge on any atom is 0.335 e. The van der Waals surface area contributed by atoms with Gasteiger partial charge in [0, 0.05) is 5.92 Å². The third-order valence-electron chi connectivity index (χ3n) is 3.54. The molecular formula is C15H11FO3. The minimum absolute atomic E-state index is 0.172. The van der Waals surface area contributed by atoms with Gasteiger partial charge in [0.15, 0.2) is 0 Å². The highest BCUT2D eigenvalue weighted by Gasteiger charge is 2.29. The van der Waals surface area contributed by atoms with Gasteiger partial charge in [0.1, 0.15) is 5.82 Å². The van der Waals surface area contributed by atoms with E-state index in [4.69, 9.17) is 5.11 Å². The number of hydrogen-bond acceptors (Lipinski definition) is 2. The Morgan fingerprint density at radius 2 is 1.74 bits per heavy atom. The number of carboxylic acids is 1. The van der Waals surface area contributed by atoms with Crippen LogP contribution in [0.4, 0.5) is 4.39 Å². The molecule has 0 spiro atoms. The number of aromatic carboxylic acids is 1. The van der Waals surface area contributed by atoms with Crippen molar-refractivity contribution in [3.05, 3.63) is 58.9 Å². The highest BCUT2D eigenvalue weighted by atomic mass is 19.1. The lowest BCUT2D eigenvalue weighted by atomic mass is 9.96. The Morgan fingerprint density at radius 3 is 2.37 bits per heavy atom. The summed E-state index contributed by atoms with van der Waals surface area (Å²) in [6, 6.07) is 9.22. The van der Waals surface area contributed by atoms with Gasteiger partial charge in [0.2, 0.25) is 0 Å². The summed E-state index contributed by atoms with van der Waals surface area (Å²) >= 11 is 0. The fourth-order valence-corrected chi connectivity index (χ4v) is 2.66. The van der Waals surface area contributed by atoms with Crippen LogP contribution in [0.5, 0.6) is 0 Å². The van der Waals surface area contributed by atoms with Crippen molar-refractivity contribution in [2.45, 2.75) is 5.92 Å². The van der Waals surface area contributed by atoms with Gasteiger partial charge >= 0.3 is 5.97 Å². The van der Waals surface area contributed by atoms with E-state index >= 15 is 0 Å². The van der Waals surface area contributed by atoms with E-state index in [1.54, 1.807) is 18.2 Å². The van der Waals surface area contributed by atoms with Crippen LogP contribution >= 0.6 is 0 Å². The standard InChI is InChI=1S/C15H11FO3/c16-9-2-4-11-10-3-1-8(15(18)19)5-12(10)14(7-17)13(11)6-9/h1-6,14,17H,7H2,(H,18,19). The van der Waals surface area contributed by atoms with Gasteiger partial charge in [-0.25, -0.2) is 9.18 Å². The number of carboxylic acid groups (broad SMARTS) is 1. The summed E-state index contributed by atoms with van der Waals surface area (Å²) in [6.07, 6.45) is 0. The van der Waals surface area contributed by atoms with E-state index in [9.17, 15) is 14.3 Å². The van der Waals surface area contributed by atoms with E-state index in [-0.39, 0.29) is 23.9 Å². The molecule has 1 aliphatic rings. The Balaban J connectivity index is 2.23. The van der Waals surface area contributed by atoms with Crippen molar-refractivity contribution in [1.29, 1.82) is 0 Å². The minimum atomic E-state index is -1.01. The predicted octanol–water partition coefficient (Wildman–Crippen LogP) is 2.63. The van der Waals surface area contributed by atoms with E-state index in [1.165, 1.54) is 18.2 Å². The van der Waals surface area contributed by atoms with E-state index in [0.29, 0.717) is 5.56 Å². The van der Waals surface area contributed by atoms with Crippen LogP contribution in [0, 0.1) is 5.82 Å². The average Bonchev–Trinajstić information content (AvgIpc) is 2.70. The van der Waals surface area contributed by atoms with Crippen molar-refractivity contribution in [2.75, 3.05) is 6.61 Å². The third-order valence-corrected chi connectivity index (χ3v) is 3.54. The van der Waals surface area contributed by atoms with Gasteiger partial charge in [-0.15, -0.1) is 0 Å². The van der Waals surface area contributed by atoms with Crippen molar-refractivity contribution in [1.82, 2.24) is 0 Å². The molecule has 19 heavy (non-hydrogen) atoms. The molecule has 0 aromatic heterocycles. The van der Waals surface area contributed by atoms with Crippen LogP contribution in [0.25, 0.3) is 11.1 Å². The molecule has 4 heteroatoms. The lowest BCUT2D eigenvalue weighted by Crippen LogP contribution is -2.04. The molecule has 3 rings (SSSR count). The first-order valence-corrected chi connectivity index (χ1v) is 5.89. The Labute approximate surface area is 108 Å². The summed E-state index contributed by atoms with van der Waals surface area (Å²) in [5, 5.41) is 18.5. The molecule has 1 atom stereocenters. The Morgan fingerprint density at radius 1 is 1.11 bits per heavy atom. The number of halogens is 1. The smallest absolute Gasteiger partial charge is 0.335 e. The summed E-state index contributed by atoms with van der Waals surface area (Å²) in [4.78, 5) is 11.0. The number of carbonyl (C=O) groups is 1. The second kappa shape index (κ2) is 4.17. The maximum absolute atomic E-state index is 13.3. The number of benzene rings is 2. The normalized spacial score (nSPS) is 16.0. The Hall–Kier alpha value is -2.20. The molecule has 2 aromatic rings. The summed E-state index contributed by atoms with van der Waals surface area (Å²) in [6.45, 7) is -0.174. The molecule has 2 aromatic carbocycles. The fourth-order valence-electron chi connectivity index (χ4n) is 2.66. The van der Waals surface area contributed by atoms with Crippen molar-refractivity contribution in [2.24, 2.45) is 0 Å². The van der Waals surface area contributed by atoms with Gasteiger partial charge in [0.25, 0.3) is 0 Å². The molecular weight excluding hydrogens is 247 g/mol. The number of aliphatic hydroxyl groups is 1. The van der Waals surface area contributed by atoms with Crippen LogP contribution in [0.2, 0.25) is 0 Å². The van der Waals surface area contributed by atoms with Crippen molar-refractivity contribution in [3.63, 3.8) is 0 Å². The van der Waals surface area contributed by atoms with Gasteiger partial charge < -0.3 is 10.2 Å². The summed E-state index contributed by atoms with van der Waals surface area (Å²) in [5.41, 5.74) is 3.33. The zero-order valence-corrected chi connectivity index (χ0v) is 9.93. The van der Waals surface area contributed by atoms with Gasteiger partial charge in [-0.3, -0.25) is 0 Å². The molecule has 0 bridgehead atoms. The molecule has 0 heterocycles. The van der Waals surface area contributed by atoms with E-state index in [2.05, 4.69) is 0 Å². The first-order chi connectivity index (χ1) is 9.11. The molecule has 0 radical (unpaired) electrons.